The zero-order valence-electron chi connectivity index (χ0n) is 15.2. The SMILES string of the molecule is CCc1noc(CC)c1CNC(=NC)NCCc1cc(Cl)cc(Cl)c1.I. The molecule has 0 bridgehead atoms. The number of aryl methyl sites for hydroxylation is 2. The lowest BCUT2D eigenvalue weighted by atomic mass is 10.1. The van der Waals surface area contributed by atoms with Crippen LogP contribution in [-0.4, -0.2) is 24.7 Å². The topological polar surface area (TPSA) is 62.5 Å². The molecule has 144 valence electrons. The van der Waals surface area contributed by atoms with Gasteiger partial charge in [-0.15, -0.1) is 24.0 Å². The molecule has 1 aromatic heterocycles. The minimum absolute atomic E-state index is 0. The van der Waals surface area contributed by atoms with Gasteiger partial charge in [-0.2, -0.15) is 0 Å². The number of halogens is 3. The average molecular weight is 511 g/mol. The third-order valence-corrected chi connectivity index (χ3v) is 4.33. The van der Waals surface area contributed by atoms with E-state index in [0.717, 1.165) is 54.3 Å². The highest BCUT2D eigenvalue weighted by Gasteiger charge is 2.13. The molecule has 2 aromatic rings. The summed E-state index contributed by atoms with van der Waals surface area (Å²) >= 11 is 12.1. The van der Waals surface area contributed by atoms with E-state index in [-0.39, 0.29) is 24.0 Å². The van der Waals surface area contributed by atoms with Crippen molar-refractivity contribution in [1.82, 2.24) is 15.8 Å². The lowest BCUT2D eigenvalue weighted by Gasteiger charge is -2.12. The number of nitrogens with one attached hydrogen (secondary N) is 2. The number of nitrogens with zero attached hydrogens (tertiary/aromatic N) is 2. The Labute approximate surface area is 181 Å². The summed E-state index contributed by atoms with van der Waals surface area (Å²) in [6.45, 7) is 5.50. The molecular formula is C18H25Cl2IN4O. The first kappa shape index (κ1) is 23.0. The van der Waals surface area contributed by atoms with Crippen LogP contribution in [0.5, 0.6) is 0 Å². The molecule has 0 radical (unpaired) electrons. The molecule has 1 aromatic carbocycles. The number of aromatic nitrogens is 1. The van der Waals surface area contributed by atoms with E-state index >= 15 is 0 Å². The largest absolute Gasteiger partial charge is 0.361 e. The first-order chi connectivity index (χ1) is 12.1. The van der Waals surface area contributed by atoms with E-state index in [1.54, 1.807) is 13.1 Å². The highest BCUT2D eigenvalue weighted by molar-refractivity contribution is 14.0. The van der Waals surface area contributed by atoms with Gasteiger partial charge in [0.05, 0.1) is 5.69 Å². The Bertz CT molecular complexity index is 692. The van der Waals surface area contributed by atoms with Crippen molar-refractivity contribution in [2.45, 2.75) is 39.7 Å². The molecule has 0 aliphatic heterocycles. The number of aliphatic imine (C=N–C) groups is 1. The highest BCUT2D eigenvalue weighted by atomic mass is 127. The molecule has 0 unspecified atom stereocenters. The standard InChI is InChI=1S/C18H24Cl2N4O.HI/c1-4-16-15(17(5-2)25-24-16)11-23-18(21-3)22-7-6-12-8-13(19)10-14(20)9-12;/h8-10H,4-7,11H2,1-3H3,(H2,21,22,23);1H. The van der Waals surface area contributed by atoms with E-state index in [2.05, 4.69) is 34.6 Å². The van der Waals surface area contributed by atoms with Crippen molar-refractivity contribution in [2.75, 3.05) is 13.6 Å². The number of hydrogen-bond acceptors (Lipinski definition) is 3. The molecule has 0 atom stereocenters. The smallest absolute Gasteiger partial charge is 0.191 e. The summed E-state index contributed by atoms with van der Waals surface area (Å²) in [5.41, 5.74) is 3.20. The fraction of sp³-hybridized carbons (Fsp3) is 0.444. The number of rotatable bonds is 7. The van der Waals surface area contributed by atoms with E-state index in [0.29, 0.717) is 16.6 Å². The van der Waals surface area contributed by atoms with Crippen molar-refractivity contribution >= 4 is 53.1 Å². The quantitative estimate of drug-likeness (QED) is 0.324. The first-order valence-electron chi connectivity index (χ1n) is 8.43. The number of hydrogen-bond donors (Lipinski definition) is 2. The maximum Gasteiger partial charge on any atom is 0.191 e. The third kappa shape index (κ3) is 6.63. The molecule has 0 amide bonds. The van der Waals surface area contributed by atoms with E-state index < -0.39 is 0 Å². The summed E-state index contributed by atoms with van der Waals surface area (Å²) in [6, 6.07) is 5.57. The van der Waals surface area contributed by atoms with Gasteiger partial charge in [0.25, 0.3) is 0 Å². The molecule has 0 fully saturated rings. The molecule has 1 heterocycles. The van der Waals surface area contributed by atoms with Gasteiger partial charge < -0.3 is 15.2 Å². The van der Waals surface area contributed by atoms with Gasteiger partial charge in [0, 0.05) is 42.2 Å². The van der Waals surface area contributed by atoms with Crippen molar-refractivity contribution in [3.63, 3.8) is 0 Å². The molecule has 0 aliphatic rings. The predicted octanol–water partition coefficient (Wildman–Crippen LogP) is 4.63. The highest BCUT2D eigenvalue weighted by Crippen LogP contribution is 2.19. The number of benzene rings is 1. The summed E-state index contributed by atoms with van der Waals surface area (Å²) in [5, 5.41) is 12.0. The second-order valence-electron chi connectivity index (χ2n) is 5.62. The first-order valence-corrected chi connectivity index (χ1v) is 9.18. The molecule has 0 spiro atoms. The Kier molecular flexibility index (Phi) is 10.3. The van der Waals surface area contributed by atoms with E-state index in [9.17, 15) is 0 Å². The van der Waals surface area contributed by atoms with Crippen molar-refractivity contribution in [1.29, 1.82) is 0 Å². The van der Waals surface area contributed by atoms with E-state index in [1.807, 2.05) is 12.1 Å². The Balaban J connectivity index is 0.00000338. The van der Waals surface area contributed by atoms with Crippen LogP contribution in [0.1, 0.15) is 36.4 Å². The van der Waals surface area contributed by atoms with Gasteiger partial charge in [0.1, 0.15) is 5.76 Å². The molecule has 2 N–H and O–H groups in total. The van der Waals surface area contributed by atoms with Crippen LogP contribution < -0.4 is 10.6 Å². The Morgan fingerprint density at radius 1 is 1.12 bits per heavy atom. The summed E-state index contributed by atoms with van der Waals surface area (Å²) in [7, 11) is 1.75. The van der Waals surface area contributed by atoms with Crippen LogP contribution in [0.25, 0.3) is 0 Å². The van der Waals surface area contributed by atoms with Crippen LogP contribution in [0.3, 0.4) is 0 Å². The van der Waals surface area contributed by atoms with Crippen LogP contribution in [0.4, 0.5) is 0 Å². The van der Waals surface area contributed by atoms with E-state index in [4.69, 9.17) is 27.7 Å². The molecule has 8 heteroatoms. The third-order valence-electron chi connectivity index (χ3n) is 3.89. The minimum Gasteiger partial charge on any atom is -0.361 e. The van der Waals surface area contributed by atoms with Gasteiger partial charge in [-0.25, -0.2) is 0 Å². The fourth-order valence-electron chi connectivity index (χ4n) is 2.61. The van der Waals surface area contributed by atoms with Crippen molar-refractivity contribution in [2.24, 2.45) is 4.99 Å². The minimum atomic E-state index is 0. The van der Waals surface area contributed by atoms with Gasteiger partial charge in [0.2, 0.25) is 0 Å². The van der Waals surface area contributed by atoms with Gasteiger partial charge in [-0.1, -0.05) is 42.2 Å². The Morgan fingerprint density at radius 2 is 1.81 bits per heavy atom. The zero-order chi connectivity index (χ0) is 18.2. The fourth-order valence-corrected chi connectivity index (χ4v) is 3.18. The summed E-state index contributed by atoms with van der Waals surface area (Å²) in [4.78, 5) is 4.26. The van der Waals surface area contributed by atoms with Crippen LogP contribution in [0, 0.1) is 0 Å². The molecule has 2 rings (SSSR count). The van der Waals surface area contributed by atoms with Gasteiger partial charge in [-0.3, -0.25) is 4.99 Å². The molecule has 0 saturated carbocycles. The Morgan fingerprint density at radius 3 is 2.38 bits per heavy atom. The number of guanidine groups is 1. The lowest BCUT2D eigenvalue weighted by Crippen LogP contribution is -2.38. The van der Waals surface area contributed by atoms with Gasteiger partial charge in [0.15, 0.2) is 5.96 Å². The molecule has 26 heavy (non-hydrogen) atoms. The summed E-state index contributed by atoms with van der Waals surface area (Å²) < 4.78 is 5.39. The molecule has 5 nitrogen and oxygen atoms in total. The van der Waals surface area contributed by atoms with Gasteiger partial charge >= 0.3 is 0 Å². The maximum atomic E-state index is 6.03. The van der Waals surface area contributed by atoms with Gasteiger partial charge in [-0.05, 0) is 36.6 Å². The van der Waals surface area contributed by atoms with Crippen LogP contribution >= 0.6 is 47.2 Å². The van der Waals surface area contributed by atoms with Crippen molar-refractivity contribution in [3.8, 4) is 0 Å². The second-order valence-corrected chi connectivity index (χ2v) is 6.49. The Hall–Kier alpha value is -0.990. The average Bonchev–Trinajstić information content (AvgIpc) is 2.99. The summed E-state index contributed by atoms with van der Waals surface area (Å²) in [6.07, 6.45) is 2.47. The lowest BCUT2D eigenvalue weighted by molar-refractivity contribution is 0.380. The predicted molar refractivity (Wildman–Crippen MR) is 119 cm³/mol. The molecule has 0 saturated heterocycles. The molecule has 0 aliphatic carbocycles. The molecular weight excluding hydrogens is 486 g/mol. The van der Waals surface area contributed by atoms with Crippen LogP contribution in [0.2, 0.25) is 10.0 Å². The van der Waals surface area contributed by atoms with Crippen molar-refractivity contribution < 1.29 is 4.52 Å². The van der Waals surface area contributed by atoms with Crippen molar-refractivity contribution in [3.05, 3.63) is 50.8 Å². The normalized spacial score (nSPS) is 11.2. The van der Waals surface area contributed by atoms with Crippen LogP contribution in [-0.2, 0) is 25.8 Å². The zero-order valence-corrected chi connectivity index (χ0v) is 19.1. The monoisotopic (exact) mass is 510 g/mol. The second kappa shape index (κ2) is 11.7. The maximum absolute atomic E-state index is 6.03. The summed E-state index contributed by atoms with van der Waals surface area (Å²) in [5.74, 6) is 1.66. The van der Waals surface area contributed by atoms with Crippen LogP contribution in [0.15, 0.2) is 27.7 Å². The van der Waals surface area contributed by atoms with E-state index in [1.165, 1.54) is 0 Å².